The summed E-state index contributed by atoms with van der Waals surface area (Å²) in [5.74, 6) is 0.596. The van der Waals surface area contributed by atoms with Crippen molar-refractivity contribution in [3.05, 3.63) is 35.6 Å². The first-order chi connectivity index (χ1) is 13.1. The van der Waals surface area contributed by atoms with Crippen LogP contribution in [0, 0.1) is 5.82 Å². The zero-order valence-corrected chi connectivity index (χ0v) is 16.1. The summed E-state index contributed by atoms with van der Waals surface area (Å²) in [5.41, 5.74) is 0.659. The first-order valence-electron chi connectivity index (χ1n) is 9.72. The fourth-order valence-corrected chi connectivity index (χ4v) is 3.65. The van der Waals surface area contributed by atoms with Crippen LogP contribution in [0.15, 0.2) is 29.3 Å². The third-order valence-electron chi connectivity index (χ3n) is 5.48. The molecule has 1 saturated heterocycles. The molecule has 7 heteroatoms. The molecule has 1 aliphatic heterocycles. The summed E-state index contributed by atoms with van der Waals surface area (Å²) in [6, 6.07) is 7.28. The predicted octanol–water partition coefficient (Wildman–Crippen LogP) is 2.64. The van der Waals surface area contributed by atoms with Gasteiger partial charge in [-0.05, 0) is 44.2 Å². The molecular formula is C20H29FN4O2. The minimum atomic E-state index is -0.237. The van der Waals surface area contributed by atoms with E-state index >= 15 is 0 Å². The monoisotopic (exact) mass is 376 g/mol. The van der Waals surface area contributed by atoms with Crippen molar-refractivity contribution in [3.63, 3.8) is 0 Å². The average molecular weight is 376 g/mol. The lowest BCUT2D eigenvalue weighted by molar-refractivity contribution is 0.0963. The number of hydrogen-bond acceptors (Lipinski definition) is 3. The molecule has 1 aliphatic carbocycles. The highest BCUT2D eigenvalue weighted by Crippen LogP contribution is 2.48. The summed E-state index contributed by atoms with van der Waals surface area (Å²) in [7, 11) is 1.74. The van der Waals surface area contributed by atoms with E-state index in [-0.39, 0.29) is 23.4 Å². The van der Waals surface area contributed by atoms with Crippen LogP contribution < -0.4 is 10.6 Å². The van der Waals surface area contributed by atoms with Crippen molar-refractivity contribution < 1.29 is 13.9 Å². The molecule has 0 spiro atoms. The molecule has 148 valence electrons. The predicted molar refractivity (Wildman–Crippen MR) is 103 cm³/mol. The summed E-state index contributed by atoms with van der Waals surface area (Å²) in [6.45, 7) is 4.22. The van der Waals surface area contributed by atoms with Crippen LogP contribution in [0.3, 0.4) is 0 Å². The Bertz CT molecular complexity index is 682. The minimum absolute atomic E-state index is 0.129. The number of carbonyl (C=O) groups is 1. The quantitative estimate of drug-likeness (QED) is 0.612. The summed E-state index contributed by atoms with van der Waals surface area (Å²) in [5, 5.41) is 6.80. The molecule has 0 bridgehead atoms. The van der Waals surface area contributed by atoms with E-state index in [0.29, 0.717) is 26.2 Å². The number of rotatable bonds is 5. The van der Waals surface area contributed by atoms with Gasteiger partial charge in [0, 0.05) is 38.1 Å². The van der Waals surface area contributed by atoms with E-state index in [4.69, 9.17) is 4.74 Å². The molecule has 2 N–H and O–H groups in total. The number of carbonyl (C=O) groups excluding carboxylic acids is 1. The number of piperidine rings is 1. The number of guanidine groups is 1. The van der Waals surface area contributed by atoms with Crippen LogP contribution in [0.4, 0.5) is 9.18 Å². The number of aliphatic imine (C=N–C) groups is 1. The number of halogens is 1. The molecule has 2 aliphatic rings. The van der Waals surface area contributed by atoms with Crippen molar-refractivity contribution >= 4 is 12.1 Å². The first-order valence-corrected chi connectivity index (χ1v) is 9.72. The molecule has 27 heavy (non-hydrogen) atoms. The second-order valence-corrected chi connectivity index (χ2v) is 7.29. The molecule has 1 saturated carbocycles. The molecule has 0 radical (unpaired) electrons. The third kappa shape index (κ3) is 4.70. The van der Waals surface area contributed by atoms with Crippen molar-refractivity contribution in [1.29, 1.82) is 0 Å². The van der Waals surface area contributed by atoms with Gasteiger partial charge in [-0.2, -0.15) is 0 Å². The van der Waals surface area contributed by atoms with Crippen molar-refractivity contribution in [2.45, 2.75) is 44.1 Å². The zero-order valence-electron chi connectivity index (χ0n) is 16.1. The fourth-order valence-electron chi connectivity index (χ4n) is 3.65. The summed E-state index contributed by atoms with van der Waals surface area (Å²) in [4.78, 5) is 17.8. The Morgan fingerprint density at radius 1 is 1.33 bits per heavy atom. The second kappa shape index (κ2) is 8.59. The molecule has 1 heterocycles. The van der Waals surface area contributed by atoms with Gasteiger partial charge < -0.3 is 20.3 Å². The highest BCUT2D eigenvalue weighted by Gasteiger charge is 2.45. The molecule has 6 nitrogen and oxygen atoms in total. The van der Waals surface area contributed by atoms with Crippen LogP contribution >= 0.6 is 0 Å². The van der Waals surface area contributed by atoms with Crippen LogP contribution in [0.1, 0.15) is 38.2 Å². The van der Waals surface area contributed by atoms with E-state index in [9.17, 15) is 9.18 Å². The van der Waals surface area contributed by atoms with Gasteiger partial charge in [-0.3, -0.25) is 4.99 Å². The van der Waals surface area contributed by atoms with E-state index in [1.807, 2.05) is 19.1 Å². The summed E-state index contributed by atoms with van der Waals surface area (Å²) in [6.07, 6.45) is 3.42. The van der Waals surface area contributed by atoms with Gasteiger partial charge >= 0.3 is 6.09 Å². The Morgan fingerprint density at radius 2 is 2.04 bits per heavy atom. The largest absolute Gasteiger partial charge is 0.450 e. The number of ether oxygens (including phenoxy) is 1. The number of likely N-dealkylation sites (tertiary alicyclic amines) is 1. The van der Waals surface area contributed by atoms with Gasteiger partial charge in [0.05, 0.1) is 6.61 Å². The number of nitrogens with zero attached hydrogens (tertiary/aromatic N) is 2. The highest BCUT2D eigenvalue weighted by atomic mass is 19.1. The Morgan fingerprint density at radius 3 is 2.63 bits per heavy atom. The SMILES string of the molecule is CCOC(=O)N1CCC(NC(=NC)NCC2(c3ccccc3F)CC2)CC1. The van der Waals surface area contributed by atoms with Crippen molar-refractivity contribution in [2.24, 2.45) is 4.99 Å². The smallest absolute Gasteiger partial charge is 0.409 e. The van der Waals surface area contributed by atoms with Crippen molar-refractivity contribution in [3.8, 4) is 0 Å². The van der Waals surface area contributed by atoms with Gasteiger partial charge in [0.1, 0.15) is 5.82 Å². The van der Waals surface area contributed by atoms with Crippen LogP contribution in [-0.4, -0.2) is 56.3 Å². The summed E-state index contributed by atoms with van der Waals surface area (Å²) >= 11 is 0. The molecule has 0 unspecified atom stereocenters. The maximum atomic E-state index is 14.1. The van der Waals surface area contributed by atoms with E-state index in [1.54, 1.807) is 18.0 Å². The van der Waals surface area contributed by atoms with Gasteiger partial charge in [0.15, 0.2) is 5.96 Å². The number of nitrogens with one attached hydrogen (secondary N) is 2. The molecule has 1 aromatic rings. The fraction of sp³-hybridized carbons (Fsp3) is 0.600. The Labute approximate surface area is 160 Å². The molecule has 3 rings (SSSR count). The van der Waals surface area contributed by atoms with Crippen LogP contribution in [0.2, 0.25) is 0 Å². The molecular weight excluding hydrogens is 347 g/mol. The standard InChI is InChI=1S/C20H29FN4O2/c1-3-27-19(26)25-12-8-15(9-13-25)24-18(22-2)23-14-20(10-11-20)16-6-4-5-7-17(16)21/h4-7,15H,3,8-14H2,1-2H3,(H2,22,23,24). The van der Waals surface area contributed by atoms with E-state index < -0.39 is 0 Å². The maximum Gasteiger partial charge on any atom is 0.409 e. The normalized spacial score (nSPS) is 19.5. The van der Waals surface area contributed by atoms with Gasteiger partial charge in [0.2, 0.25) is 0 Å². The lowest BCUT2D eigenvalue weighted by Crippen LogP contribution is -2.50. The average Bonchev–Trinajstić information content (AvgIpc) is 3.47. The molecule has 1 amide bonds. The lowest BCUT2D eigenvalue weighted by Gasteiger charge is -2.32. The Kier molecular flexibility index (Phi) is 6.19. The highest BCUT2D eigenvalue weighted by molar-refractivity contribution is 5.80. The Balaban J connectivity index is 1.48. The summed E-state index contributed by atoms with van der Waals surface area (Å²) < 4.78 is 19.2. The zero-order chi connectivity index (χ0) is 19.3. The van der Waals surface area contributed by atoms with Crippen LogP contribution in [-0.2, 0) is 10.2 Å². The van der Waals surface area contributed by atoms with Crippen LogP contribution in [0.5, 0.6) is 0 Å². The van der Waals surface area contributed by atoms with Gasteiger partial charge in [-0.1, -0.05) is 18.2 Å². The Hall–Kier alpha value is -2.31. The molecule has 0 atom stereocenters. The van der Waals surface area contributed by atoms with Crippen LogP contribution in [0.25, 0.3) is 0 Å². The van der Waals surface area contributed by atoms with Gasteiger partial charge in [-0.25, -0.2) is 9.18 Å². The van der Waals surface area contributed by atoms with Gasteiger partial charge in [0.25, 0.3) is 0 Å². The topological polar surface area (TPSA) is 66.0 Å². The van der Waals surface area contributed by atoms with Crippen molar-refractivity contribution in [2.75, 3.05) is 33.3 Å². The van der Waals surface area contributed by atoms with Gasteiger partial charge in [-0.15, -0.1) is 0 Å². The maximum absolute atomic E-state index is 14.1. The molecule has 1 aromatic carbocycles. The minimum Gasteiger partial charge on any atom is -0.450 e. The van der Waals surface area contributed by atoms with E-state index in [1.165, 1.54) is 6.07 Å². The molecule has 2 fully saturated rings. The first kappa shape index (κ1) is 19.5. The number of benzene rings is 1. The van der Waals surface area contributed by atoms with Crippen molar-refractivity contribution in [1.82, 2.24) is 15.5 Å². The lowest BCUT2D eigenvalue weighted by atomic mass is 9.95. The van der Waals surface area contributed by atoms with E-state index in [0.717, 1.165) is 37.2 Å². The van der Waals surface area contributed by atoms with E-state index in [2.05, 4.69) is 15.6 Å². The second-order valence-electron chi connectivity index (χ2n) is 7.29. The number of hydrogen-bond donors (Lipinski definition) is 2. The third-order valence-corrected chi connectivity index (χ3v) is 5.48. The molecule has 0 aromatic heterocycles. The number of amides is 1.